The molecule has 0 fully saturated rings. The van der Waals surface area contributed by atoms with Gasteiger partial charge in [-0.2, -0.15) is 0 Å². The lowest BCUT2D eigenvalue weighted by Crippen LogP contribution is -2.40. The monoisotopic (exact) mass is 185 g/mol. The molecule has 0 rings (SSSR count). The molecular formula is C12H27N. The zero-order valence-electron chi connectivity index (χ0n) is 10.3. The van der Waals surface area contributed by atoms with Crippen LogP contribution in [-0.4, -0.2) is 6.04 Å². The molecule has 0 aromatic carbocycles. The summed E-state index contributed by atoms with van der Waals surface area (Å²) < 4.78 is 0. The van der Waals surface area contributed by atoms with Crippen molar-refractivity contribution in [2.24, 2.45) is 16.6 Å². The van der Waals surface area contributed by atoms with Gasteiger partial charge in [0, 0.05) is 6.04 Å². The fraction of sp³-hybridized carbons (Fsp3) is 1.00. The van der Waals surface area contributed by atoms with Crippen molar-refractivity contribution in [3.05, 3.63) is 0 Å². The van der Waals surface area contributed by atoms with Crippen LogP contribution in [-0.2, 0) is 0 Å². The Morgan fingerprint density at radius 3 is 1.77 bits per heavy atom. The first-order valence-corrected chi connectivity index (χ1v) is 5.51. The van der Waals surface area contributed by atoms with Crippen LogP contribution in [0.25, 0.3) is 0 Å². The highest BCUT2D eigenvalue weighted by molar-refractivity contribution is 4.84. The van der Waals surface area contributed by atoms with E-state index in [1.165, 1.54) is 6.42 Å². The van der Waals surface area contributed by atoms with Gasteiger partial charge in [0.05, 0.1) is 0 Å². The van der Waals surface area contributed by atoms with E-state index in [-0.39, 0.29) is 5.41 Å². The summed E-state index contributed by atoms with van der Waals surface area (Å²) in [5, 5.41) is 0. The molecule has 0 amide bonds. The van der Waals surface area contributed by atoms with E-state index in [0.717, 1.165) is 12.8 Å². The summed E-state index contributed by atoms with van der Waals surface area (Å²) in [5.74, 6) is 0. The standard InChI is InChI=1S/C12H27N/c1-7-11(3,4)9-10(13)12(5,6)8-2/h10H,7-9,13H2,1-6H3. The van der Waals surface area contributed by atoms with Gasteiger partial charge in [0.2, 0.25) is 0 Å². The lowest BCUT2D eigenvalue weighted by Gasteiger charge is -2.36. The molecular weight excluding hydrogens is 158 g/mol. The molecule has 0 aliphatic rings. The normalized spacial score (nSPS) is 15.9. The van der Waals surface area contributed by atoms with Crippen LogP contribution < -0.4 is 5.73 Å². The molecule has 1 atom stereocenters. The lowest BCUT2D eigenvalue weighted by atomic mass is 9.73. The Morgan fingerprint density at radius 2 is 1.46 bits per heavy atom. The largest absolute Gasteiger partial charge is 0.327 e. The van der Waals surface area contributed by atoms with Crippen molar-refractivity contribution in [3.63, 3.8) is 0 Å². The van der Waals surface area contributed by atoms with E-state index in [4.69, 9.17) is 5.73 Å². The second kappa shape index (κ2) is 4.45. The van der Waals surface area contributed by atoms with Gasteiger partial charge in [-0.25, -0.2) is 0 Å². The molecule has 0 aromatic rings. The first kappa shape index (κ1) is 13.0. The second-order valence-electron chi connectivity index (χ2n) is 5.67. The number of nitrogens with two attached hydrogens (primary N) is 1. The maximum absolute atomic E-state index is 6.22. The molecule has 2 N–H and O–H groups in total. The summed E-state index contributed by atoms with van der Waals surface area (Å²) in [6, 6.07) is 0.326. The summed E-state index contributed by atoms with van der Waals surface area (Å²) in [4.78, 5) is 0. The van der Waals surface area contributed by atoms with E-state index >= 15 is 0 Å². The van der Waals surface area contributed by atoms with Crippen LogP contribution in [0.15, 0.2) is 0 Å². The third-order valence-corrected chi connectivity index (χ3v) is 3.64. The summed E-state index contributed by atoms with van der Waals surface area (Å²) in [5.41, 5.74) is 6.90. The van der Waals surface area contributed by atoms with Crippen molar-refractivity contribution in [2.75, 3.05) is 0 Å². The van der Waals surface area contributed by atoms with Crippen molar-refractivity contribution >= 4 is 0 Å². The molecule has 1 unspecified atom stereocenters. The van der Waals surface area contributed by atoms with Gasteiger partial charge < -0.3 is 5.73 Å². The zero-order chi connectivity index (χ0) is 10.7. The molecule has 0 aromatic heterocycles. The van der Waals surface area contributed by atoms with Crippen LogP contribution in [0.1, 0.15) is 60.8 Å². The third kappa shape index (κ3) is 4.12. The molecule has 1 heteroatoms. The fourth-order valence-electron chi connectivity index (χ4n) is 1.28. The number of hydrogen-bond acceptors (Lipinski definition) is 1. The zero-order valence-corrected chi connectivity index (χ0v) is 10.3. The first-order valence-electron chi connectivity index (χ1n) is 5.51. The molecule has 0 saturated carbocycles. The van der Waals surface area contributed by atoms with Gasteiger partial charge in [0.25, 0.3) is 0 Å². The average molecular weight is 185 g/mol. The van der Waals surface area contributed by atoms with Crippen molar-refractivity contribution in [1.82, 2.24) is 0 Å². The Labute approximate surface area is 84.1 Å². The molecule has 0 heterocycles. The molecule has 0 bridgehead atoms. The van der Waals surface area contributed by atoms with Gasteiger partial charge in [-0.1, -0.05) is 48.0 Å². The highest BCUT2D eigenvalue weighted by Crippen LogP contribution is 2.33. The van der Waals surface area contributed by atoms with Gasteiger partial charge in [-0.05, 0) is 23.7 Å². The third-order valence-electron chi connectivity index (χ3n) is 3.64. The van der Waals surface area contributed by atoms with Crippen LogP contribution in [0.5, 0.6) is 0 Å². The highest BCUT2D eigenvalue weighted by atomic mass is 14.7. The van der Waals surface area contributed by atoms with Crippen molar-refractivity contribution in [2.45, 2.75) is 66.8 Å². The topological polar surface area (TPSA) is 26.0 Å². The van der Waals surface area contributed by atoms with E-state index in [1.807, 2.05) is 0 Å². The SMILES string of the molecule is CCC(C)(C)CC(N)C(C)(C)CC. The summed E-state index contributed by atoms with van der Waals surface area (Å²) >= 11 is 0. The maximum atomic E-state index is 6.22. The minimum absolute atomic E-state index is 0.284. The predicted octanol–water partition coefficient (Wildman–Crippen LogP) is 3.58. The van der Waals surface area contributed by atoms with Crippen LogP contribution >= 0.6 is 0 Å². The van der Waals surface area contributed by atoms with Gasteiger partial charge >= 0.3 is 0 Å². The predicted molar refractivity (Wildman–Crippen MR) is 60.7 cm³/mol. The van der Waals surface area contributed by atoms with Gasteiger partial charge in [0.15, 0.2) is 0 Å². The van der Waals surface area contributed by atoms with E-state index in [0.29, 0.717) is 11.5 Å². The smallest absolute Gasteiger partial charge is 0.00952 e. The lowest BCUT2D eigenvalue weighted by molar-refractivity contribution is 0.190. The summed E-state index contributed by atoms with van der Waals surface area (Å²) in [6.07, 6.45) is 3.50. The molecule has 0 aliphatic carbocycles. The van der Waals surface area contributed by atoms with Gasteiger partial charge in [-0.3, -0.25) is 0 Å². The Hall–Kier alpha value is -0.0400. The Kier molecular flexibility index (Phi) is 4.44. The maximum Gasteiger partial charge on any atom is 0.00952 e. The summed E-state index contributed by atoms with van der Waals surface area (Å²) in [6.45, 7) is 13.6. The van der Waals surface area contributed by atoms with Crippen molar-refractivity contribution in [1.29, 1.82) is 0 Å². The molecule has 0 aliphatic heterocycles. The van der Waals surface area contributed by atoms with Crippen molar-refractivity contribution in [3.8, 4) is 0 Å². The Balaban J connectivity index is 4.22. The van der Waals surface area contributed by atoms with E-state index < -0.39 is 0 Å². The van der Waals surface area contributed by atoms with Gasteiger partial charge in [0.1, 0.15) is 0 Å². The first-order chi connectivity index (χ1) is 5.75. The van der Waals surface area contributed by atoms with Gasteiger partial charge in [-0.15, -0.1) is 0 Å². The van der Waals surface area contributed by atoms with Crippen LogP contribution in [0, 0.1) is 10.8 Å². The van der Waals surface area contributed by atoms with Crippen LogP contribution in [0.4, 0.5) is 0 Å². The minimum atomic E-state index is 0.284. The fourth-order valence-corrected chi connectivity index (χ4v) is 1.28. The number of rotatable bonds is 5. The average Bonchev–Trinajstić information content (AvgIpc) is 2.04. The molecule has 80 valence electrons. The second-order valence-corrected chi connectivity index (χ2v) is 5.67. The van der Waals surface area contributed by atoms with Crippen LogP contribution in [0.2, 0.25) is 0 Å². The van der Waals surface area contributed by atoms with E-state index in [2.05, 4.69) is 41.5 Å². The van der Waals surface area contributed by atoms with Crippen molar-refractivity contribution < 1.29 is 0 Å². The Morgan fingerprint density at radius 1 is 1.00 bits per heavy atom. The molecule has 1 nitrogen and oxygen atoms in total. The van der Waals surface area contributed by atoms with E-state index in [9.17, 15) is 0 Å². The summed E-state index contributed by atoms with van der Waals surface area (Å²) in [7, 11) is 0. The van der Waals surface area contributed by atoms with Crippen LogP contribution in [0.3, 0.4) is 0 Å². The molecule has 0 saturated heterocycles. The molecule has 0 radical (unpaired) electrons. The molecule has 13 heavy (non-hydrogen) atoms. The minimum Gasteiger partial charge on any atom is -0.327 e. The highest BCUT2D eigenvalue weighted by Gasteiger charge is 2.29. The Bertz CT molecular complexity index is 147. The molecule has 0 spiro atoms. The quantitative estimate of drug-likeness (QED) is 0.696. The van der Waals surface area contributed by atoms with E-state index in [1.54, 1.807) is 0 Å². The number of hydrogen-bond donors (Lipinski definition) is 1.